The summed E-state index contributed by atoms with van der Waals surface area (Å²) in [6.07, 6.45) is 2.55. The predicted octanol–water partition coefficient (Wildman–Crippen LogP) is 4.46. The lowest BCUT2D eigenvalue weighted by Crippen LogP contribution is -2.40. The van der Waals surface area contributed by atoms with Crippen LogP contribution in [0.15, 0.2) is 18.2 Å². The number of hydrogen-bond acceptors (Lipinski definition) is 2. The highest BCUT2D eigenvalue weighted by molar-refractivity contribution is 5.37. The van der Waals surface area contributed by atoms with Crippen LogP contribution in [0.2, 0.25) is 0 Å². The van der Waals surface area contributed by atoms with Gasteiger partial charge >= 0.3 is 0 Å². The third-order valence-electron chi connectivity index (χ3n) is 5.67. The molecular formula is C21H36N2. The van der Waals surface area contributed by atoms with Crippen molar-refractivity contribution in [1.29, 1.82) is 0 Å². The van der Waals surface area contributed by atoms with Gasteiger partial charge in [-0.05, 0) is 87.2 Å². The second kappa shape index (κ2) is 7.36. The van der Waals surface area contributed by atoms with E-state index in [1.165, 1.54) is 42.6 Å². The molecule has 2 nitrogen and oxygen atoms in total. The van der Waals surface area contributed by atoms with Gasteiger partial charge in [-0.1, -0.05) is 39.0 Å². The molecule has 1 aliphatic heterocycles. The molecule has 1 aromatic rings. The standard InChI is InChI=1S/C21H36N2/c1-15(2)23-11-9-17(10-12-23)20(14-22)19-13-18(21(4,5)6)8-7-16(19)3/h7-8,13,15,17,20H,9-12,14,22H2,1-6H3. The normalized spacial score (nSPS) is 19.3. The van der Waals surface area contributed by atoms with Crippen LogP contribution < -0.4 is 5.73 Å². The van der Waals surface area contributed by atoms with E-state index in [1.54, 1.807) is 0 Å². The van der Waals surface area contributed by atoms with Gasteiger partial charge in [0.1, 0.15) is 0 Å². The minimum Gasteiger partial charge on any atom is -0.330 e. The van der Waals surface area contributed by atoms with Gasteiger partial charge in [0.25, 0.3) is 0 Å². The fourth-order valence-electron chi connectivity index (χ4n) is 3.92. The summed E-state index contributed by atoms with van der Waals surface area (Å²) < 4.78 is 0. The van der Waals surface area contributed by atoms with Crippen molar-refractivity contribution >= 4 is 0 Å². The van der Waals surface area contributed by atoms with Crippen molar-refractivity contribution < 1.29 is 0 Å². The topological polar surface area (TPSA) is 29.3 Å². The number of nitrogens with two attached hydrogens (primary N) is 1. The van der Waals surface area contributed by atoms with Crippen molar-refractivity contribution in [1.82, 2.24) is 4.90 Å². The first-order valence-corrected chi connectivity index (χ1v) is 9.29. The van der Waals surface area contributed by atoms with Crippen LogP contribution >= 0.6 is 0 Å². The SMILES string of the molecule is Cc1ccc(C(C)(C)C)cc1C(CN)C1CCN(C(C)C)CC1. The van der Waals surface area contributed by atoms with Crippen molar-refractivity contribution in [2.24, 2.45) is 11.7 Å². The number of benzene rings is 1. The van der Waals surface area contributed by atoms with Gasteiger partial charge in [0, 0.05) is 6.04 Å². The maximum absolute atomic E-state index is 6.24. The molecule has 23 heavy (non-hydrogen) atoms. The molecule has 1 heterocycles. The monoisotopic (exact) mass is 316 g/mol. The molecule has 130 valence electrons. The lowest BCUT2D eigenvalue weighted by Gasteiger charge is -2.38. The molecule has 0 bridgehead atoms. The third-order valence-corrected chi connectivity index (χ3v) is 5.67. The molecule has 0 aliphatic carbocycles. The van der Waals surface area contributed by atoms with E-state index in [0.29, 0.717) is 12.0 Å². The molecule has 1 aromatic carbocycles. The second-order valence-corrected chi connectivity index (χ2v) is 8.63. The van der Waals surface area contributed by atoms with E-state index in [2.05, 4.69) is 64.6 Å². The van der Waals surface area contributed by atoms with Gasteiger partial charge in [-0.2, -0.15) is 0 Å². The molecule has 0 amide bonds. The van der Waals surface area contributed by atoms with Gasteiger partial charge in [-0.25, -0.2) is 0 Å². The summed E-state index contributed by atoms with van der Waals surface area (Å²) in [6, 6.07) is 7.68. The number of aryl methyl sites for hydroxylation is 1. The summed E-state index contributed by atoms with van der Waals surface area (Å²) in [7, 11) is 0. The number of nitrogens with zero attached hydrogens (tertiary/aromatic N) is 1. The van der Waals surface area contributed by atoms with Crippen molar-refractivity contribution in [3.63, 3.8) is 0 Å². The van der Waals surface area contributed by atoms with Crippen LogP contribution in [0.1, 0.15) is 70.1 Å². The molecule has 1 saturated heterocycles. The van der Waals surface area contributed by atoms with E-state index in [-0.39, 0.29) is 5.41 Å². The van der Waals surface area contributed by atoms with E-state index in [1.807, 2.05) is 0 Å². The van der Waals surface area contributed by atoms with Crippen molar-refractivity contribution in [3.05, 3.63) is 34.9 Å². The lowest BCUT2D eigenvalue weighted by atomic mass is 9.76. The van der Waals surface area contributed by atoms with E-state index in [4.69, 9.17) is 5.73 Å². The fourth-order valence-corrected chi connectivity index (χ4v) is 3.92. The molecule has 1 aliphatic rings. The highest BCUT2D eigenvalue weighted by Gasteiger charge is 2.29. The zero-order chi connectivity index (χ0) is 17.2. The molecule has 0 radical (unpaired) electrons. The Kier molecular flexibility index (Phi) is 5.91. The number of piperidine rings is 1. The maximum Gasteiger partial charge on any atom is 0.00385 e. The van der Waals surface area contributed by atoms with Crippen LogP contribution in [0.5, 0.6) is 0 Å². The average Bonchev–Trinajstić information content (AvgIpc) is 2.49. The van der Waals surface area contributed by atoms with Gasteiger partial charge in [0.2, 0.25) is 0 Å². The molecule has 2 rings (SSSR count). The van der Waals surface area contributed by atoms with Crippen LogP contribution in [0.4, 0.5) is 0 Å². The Morgan fingerprint density at radius 3 is 2.26 bits per heavy atom. The van der Waals surface area contributed by atoms with Crippen LogP contribution in [-0.2, 0) is 5.41 Å². The molecule has 1 atom stereocenters. The van der Waals surface area contributed by atoms with Crippen LogP contribution in [0.3, 0.4) is 0 Å². The first-order chi connectivity index (χ1) is 10.7. The van der Waals surface area contributed by atoms with Crippen LogP contribution in [0, 0.1) is 12.8 Å². The summed E-state index contributed by atoms with van der Waals surface area (Å²) in [6.45, 7) is 16.9. The molecule has 0 aromatic heterocycles. The molecule has 1 fully saturated rings. The summed E-state index contributed by atoms with van der Waals surface area (Å²) in [5.74, 6) is 1.23. The van der Waals surface area contributed by atoms with Crippen LogP contribution in [0.25, 0.3) is 0 Å². The molecule has 0 saturated carbocycles. The Hall–Kier alpha value is -0.860. The Balaban J connectivity index is 2.21. The first-order valence-electron chi connectivity index (χ1n) is 9.29. The summed E-state index contributed by atoms with van der Waals surface area (Å²) >= 11 is 0. The summed E-state index contributed by atoms with van der Waals surface area (Å²) in [4.78, 5) is 2.60. The number of hydrogen-bond donors (Lipinski definition) is 1. The zero-order valence-electron chi connectivity index (χ0n) is 16.0. The Bertz CT molecular complexity index is 505. The molecule has 1 unspecified atom stereocenters. The Morgan fingerprint density at radius 2 is 1.78 bits per heavy atom. The predicted molar refractivity (Wildman–Crippen MR) is 101 cm³/mol. The second-order valence-electron chi connectivity index (χ2n) is 8.63. The highest BCUT2D eigenvalue weighted by Crippen LogP contribution is 2.36. The van der Waals surface area contributed by atoms with Gasteiger partial charge in [-0.15, -0.1) is 0 Å². The zero-order valence-corrected chi connectivity index (χ0v) is 16.0. The lowest BCUT2D eigenvalue weighted by molar-refractivity contribution is 0.138. The molecule has 0 spiro atoms. The van der Waals surface area contributed by atoms with E-state index in [0.717, 1.165) is 12.5 Å². The van der Waals surface area contributed by atoms with Crippen LogP contribution in [-0.4, -0.2) is 30.6 Å². The van der Waals surface area contributed by atoms with E-state index >= 15 is 0 Å². The Labute approximate surface area is 143 Å². The fraction of sp³-hybridized carbons (Fsp3) is 0.714. The van der Waals surface area contributed by atoms with Gasteiger partial charge in [0.15, 0.2) is 0 Å². The highest BCUT2D eigenvalue weighted by atomic mass is 15.1. The smallest absolute Gasteiger partial charge is 0.00385 e. The molecule has 2 heteroatoms. The van der Waals surface area contributed by atoms with Crippen molar-refractivity contribution in [3.8, 4) is 0 Å². The number of rotatable bonds is 4. The number of likely N-dealkylation sites (tertiary alicyclic amines) is 1. The summed E-state index contributed by atoms with van der Waals surface area (Å²) in [5.41, 5.74) is 10.8. The van der Waals surface area contributed by atoms with Crippen molar-refractivity contribution in [2.75, 3.05) is 19.6 Å². The van der Waals surface area contributed by atoms with Gasteiger partial charge in [0.05, 0.1) is 0 Å². The van der Waals surface area contributed by atoms with E-state index in [9.17, 15) is 0 Å². The minimum absolute atomic E-state index is 0.197. The Morgan fingerprint density at radius 1 is 1.17 bits per heavy atom. The quantitative estimate of drug-likeness (QED) is 0.889. The first kappa shape index (κ1) is 18.5. The maximum atomic E-state index is 6.24. The van der Waals surface area contributed by atoms with Crippen molar-refractivity contribution in [2.45, 2.75) is 71.8 Å². The molecular weight excluding hydrogens is 280 g/mol. The third kappa shape index (κ3) is 4.36. The largest absolute Gasteiger partial charge is 0.330 e. The average molecular weight is 317 g/mol. The van der Waals surface area contributed by atoms with Gasteiger partial charge in [-0.3, -0.25) is 0 Å². The summed E-state index contributed by atoms with van der Waals surface area (Å²) in [5, 5.41) is 0. The molecule has 2 N–H and O–H groups in total. The minimum atomic E-state index is 0.197. The van der Waals surface area contributed by atoms with Gasteiger partial charge < -0.3 is 10.6 Å². The van der Waals surface area contributed by atoms with E-state index < -0.39 is 0 Å².